The Morgan fingerprint density at radius 3 is 2.32 bits per heavy atom. The molecular weight excluding hydrogens is 384 g/mol. The summed E-state index contributed by atoms with van der Waals surface area (Å²) in [5.41, 5.74) is 8.54. The summed E-state index contributed by atoms with van der Waals surface area (Å²) in [5, 5.41) is 5.94. The van der Waals surface area contributed by atoms with Gasteiger partial charge in [-0.2, -0.15) is 5.10 Å². The van der Waals surface area contributed by atoms with E-state index in [1.165, 1.54) is 22.4 Å². The first-order valence-electron chi connectivity index (χ1n) is 11.5. The molecule has 0 aliphatic carbocycles. The molecule has 3 aromatic rings. The third kappa shape index (κ3) is 4.31. The lowest BCUT2D eigenvalue weighted by Gasteiger charge is -2.23. The van der Waals surface area contributed by atoms with Crippen LogP contribution in [-0.4, -0.2) is 50.8 Å². The lowest BCUT2D eigenvalue weighted by Crippen LogP contribution is -2.31. The molecule has 4 rings (SSSR count). The Balaban J connectivity index is 1.52. The van der Waals surface area contributed by atoms with Gasteiger partial charge in [0.1, 0.15) is 0 Å². The minimum atomic E-state index is 0.396. The third-order valence-electron chi connectivity index (χ3n) is 6.71. The van der Waals surface area contributed by atoms with Crippen LogP contribution in [0.5, 0.6) is 0 Å². The maximum Gasteiger partial charge on any atom is 0.226 e. The minimum absolute atomic E-state index is 0.396. The van der Waals surface area contributed by atoms with Gasteiger partial charge in [-0.1, -0.05) is 0 Å². The number of nitrogens with zero attached hydrogens (tertiary/aromatic N) is 6. The minimum Gasteiger partial charge on any atom is -0.339 e. The standard InChI is InChI=1S/C25H36N6/c1-16(2)31-21(7)23(20(6)28-31)15-29-9-8-10-30(12-11-29)25-26-19(5)22-13-17(3)18(4)14-24(22)27-25/h13-14,16H,8-12,15H2,1-7H3. The van der Waals surface area contributed by atoms with Crippen molar-refractivity contribution in [3.63, 3.8) is 0 Å². The third-order valence-corrected chi connectivity index (χ3v) is 6.71. The number of benzene rings is 1. The van der Waals surface area contributed by atoms with Crippen molar-refractivity contribution in [2.24, 2.45) is 0 Å². The van der Waals surface area contributed by atoms with E-state index in [-0.39, 0.29) is 0 Å². The highest BCUT2D eigenvalue weighted by molar-refractivity contribution is 5.83. The van der Waals surface area contributed by atoms with Gasteiger partial charge in [0.05, 0.1) is 16.9 Å². The highest BCUT2D eigenvalue weighted by Crippen LogP contribution is 2.24. The van der Waals surface area contributed by atoms with E-state index in [0.29, 0.717) is 6.04 Å². The van der Waals surface area contributed by atoms with Crippen molar-refractivity contribution in [1.29, 1.82) is 0 Å². The first-order chi connectivity index (χ1) is 14.7. The number of aryl methyl sites for hydroxylation is 4. The average Bonchev–Trinajstić information content (AvgIpc) is 2.88. The van der Waals surface area contributed by atoms with Gasteiger partial charge < -0.3 is 4.90 Å². The molecule has 6 heteroatoms. The van der Waals surface area contributed by atoms with Crippen molar-refractivity contribution in [3.05, 3.63) is 45.9 Å². The van der Waals surface area contributed by atoms with Crippen LogP contribution >= 0.6 is 0 Å². The largest absolute Gasteiger partial charge is 0.339 e. The second-order valence-electron chi connectivity index (χ2n) is 9.37. The van der Waals surface area contributed by atoms with E-state index >= 15 is 0 Å². The normalized spacial score (nSPS) is 15.8. The number of anilines is 1. The van der Waals surface area contributed by atoms with E-state index in [0.717, 1.165) is 67.4 Å². The molecule has 2 aromatic heterocycles. The summed E-state index contributed by atoms with van der Waals surface area (Å²) in [4.78, 5) is 14.7. The molecule has 31 heavy (non-hydrogen) atoms. The summed E-state index contributed by atoms with van der Waals surface area (Å²) in [5.74, 6) is 0.870. The molecule has 0 unspecified atom stereocenters. The molecule has 0 amide bonds. The van der Waals surface area contributed by atoms with Gasteiger partial charge in [-0.25, -0.2) is 9.97 Å². The Kier molecular flexibility index (Phi) is 6.02. The lowest BCUT2D eigenvalue weighted by atomic mass is 10.1. The Morgan fingerprint density at radius 2 is 1.61 bits per heavy atom. The second kappa shape index (κ2) is 8.58. The van der Waals surface area contributed by atoms with Gasteiger partial charge in [-0.3, -0.25) is 9.58 Å². The van der Waals surface area contributed by atoms with Gasteiger partial charge in [-0.05, 0) is 78.1 Å². The number of rotatable bonds is 4. The van der Waals surface area contributed by atoms with E-state index in [1.807, 2.05) is 0 Å². The van der Waals surface area contributed by atoms with E-state index in [2.05, 4.69) is 75.1 Å². The first-order valence-corrected chi connectivity index (χ1v) is 11.5. The molecule has 0 saturated carbocycles. The lowest BCUT2D eigenvalue weighted by molar-refractivity contribution is 0.284. The number of hydrogen-bond donors (Lipinski definition) is 0. The molecule has 1 aliphatic rings. The number of fused-ring (bicyclic) bond motifs is 1. The van der Waals surface area contributed by atoms with Gasteiger partial charge in [-0.15, -0.1) is 0 Å². The second-order valence-corrected chi connectivity index (χ2v) is 9.37. The molecule has 0 N–H and O–H groups in total. The monoisotopic (exact) mass is 420 g/mol. The molecule has 3 heterocycles. The van der Waals surface area contributed by atoms with Crippen molar-refractivity contribution < 1.29 is 0 Å². The maximum absolute atomic E-state index is 4.95. The Labute approximate surface area is 186 Å². The van der Waals surface area contributed by atoms with E-state index in [1.54, 1.807) is 0 Å². The van der Waals surface area contributed by atoms with Gasteiger partial charge in [0.25, 0.3) is 0 Å². The summed E-state index contributed by atoms with van der Waals surface area (Å²) < 4.78 is 2.16. The van der Waals surface area contributed by atoms with Crippen molar-refractivity contribution in [1.82, 2.24) is 24.6 Å². The SMILES string of the molecule is Cc1cc2nc(N3CCCN(Cc4c(C)nn(C(C)C)c4C)CC3)nc(C)c2cc1C. The molecular formula is C25H36N6. The Hall–Kier alpha value is -2.47. The topological polar surface area (TPSA) is 50.1 Å². The summed E-state index contributed by atoms with van der Waals surface area (Å²) in [7, 11) is 0. The summed E-state index contributed by atoms with van der Waals surface area (Å²) in [6, 6.07) is 4.81. The van der Waals surface area contributed by atoms with Crippen LogP contribution in [0.25, 0.3) is 10.9 Å². The molecule has 1 fully saturated rings. The fourth-order valence-corrected chi connectivity index (χ4v) is 4.65. The van der Waals surface area contributed by atoms with Crippen molar-refractivity contribution in [3.8, 4) is 0 Å². The summed E-state index contributed by atoms with van der Waals surface area (Å²) in [6.45, 7) is 20.2. The summed E-state index contributed by atoms with van der Waals surface area (Å²) in [6.07, 6.45) is 1.11. The maximum atomic E-state index is 4.95. The van der Waals surface area contributed by atoms with E-state index in [9.17, 15) is 0 Å². The molecule has 1 saturated heterocycles. The molecule has 1 aromatic carbocycles. The summed E-state index contributed by atoms with van der Waals surface area (Å²) >= 11 is 0. The zero-order chi connectivity index (χ0) is 22.3. The molecule has 0 spiro atoms. The van der Waals surface area contributed by atoms with Gasteiger partial charge in [0, 0.05) is 55.4 Å². The highest BCUT2D eigenvalue weighted by atomic mass is 15.3. The van der Waals surface area contributed by atoms with Crippen LogP contribution in [0.15, 0.2) is 12.1 Å². The smallest absolute Gasteiger partial charge is 0.226 e. The average molecular weight is 421 g/mol. The van der Waals surface area contributed by atoms with Crippen LogP contribution in [-0.2, 0) is 6.54 Å². The molecule has 0 bridgehead atoms. The molecule has 0 radical (unpaired) electrons. The Morgan fingerprint density at radius 1 is 0.871 bits per heavy atom. The predicted octanol–water partition coefficient (Wildman–Crippen LogP) is 4.66. The van der Waals surface area contributed by atoms with Gasteiger partial charge in [0.2, 0.25) is 5.95 Å². The van der Waals surface area contributed by atoms with Crippen molar-refractivity contribution in [2.45, 2.75) is 67.5 Å². The fraction of sp³-hybridized carbons (Fsp3) is 0.560. The zero-order valence-electron chi connectivity index (χ0n) is 20.2. The van der Waals surface area contributed by atoms with Crippen LogP contribution < -0.4 is 4.90 Å². The zero-order valence-corrected chi connectivity index (χ0v) is 20.2. The van der Waals surface area contributed by atoms with Crippen LogP contribution in [0, 0.1) is 34.6 Å². The van der Waals surface area contributed by atoms with Crippen molar-refractivity contribution >= 4 is 16.9 Å². The van der Waals surface area contributed by atoms with E-state index in [4.69, 9.17) is 15.1 Å². The predicted molar refractivity (Wildman–Crippen MR) is 128 cm³/mol. The van der Waals surface area contributed by atoms with Gasteiger partial charge in [0.15, 0.2) is 0 Å². The molecule has 6 nitrogen and oxygen atoms in total. The first kappa shape index (κ1) is 21.8. The Bertz CT molecular complexity index is 1100. The number of aromatic nitrogens is 4. The van der Waals surface area contributed by atoms with E-state index < -0.39 is 0 Å². The van der Waals surface area contributed by atoms with Crippen LogP contribution in [0.4, 0.5) is 5.95 Å². The molecule has 0 atom stereocenters. The van der Waals surface area contributed by atoms with Crippen LogP contribution in [0.3, 0.4) is 0 Å². The molecule has 166 valence electrons. The quantitative estimate of drug-likeness (QED) is 0.614. The van der Waals surface area contributed by atoms with Crippen LogP contribution in [0.2, 0.25) is 0 Å². The van der Waals surface area contributed by atoms with Crippen LogP contribution in [0.1, 0.15) is 60.1 Å². The molecule has 1 aliphatic heterocycles. The highest BCUT2D eigenvalue weighted by Gasteiger charge is 2.21. The fourth-order valence-electron chi connectivity index (χ4n) is 4.65. The number of hydrogen-bond acceptors (Lipinski definition) is 5. The van der Waals surface area contributed by atoms with Gasteiger partial charge >= 0.3 is 0 Å². The van der Waals surface area contributed by atoms with Crippen molar-refractivity contribution in [2.75, 3.05) is 31.1 Å².